The Labute approximate surface area is 162 Å². The summed E-state index contributed by atoms with van der Waals surface area (Å²) in [6.45, 7) is 0.706. The Balaban J connectivity index is 1.67. The molecule has 3 heterocycles. The van der Waals surface area contributed by atoms with Gasteiger partial charge in [-0.15, -0.1) is 0 Å². The Kier molecular flexibility index (Phi) is 5.11. The minimum atomic E-state index is -0.733. The third-order valence-corrected chi connectivity index (χ3v) is 5.08. The molecule has 6 nitrogen and oxygen atoms in total. The molecule has 3 aromatic rings. The van der Waals surface area contributed by atoms with E-state index in [1.54, 1.807) is 12.1 Å². The van der Waals surface area contributed by atoms with E-state index in [0.29, 0.717) is 25.1 Å². The summed E-state index contributed by atoms with van der Waals surface area (Å²) in [6, 6.07) is 9.76. The van der Waals surface area contributed by atoms with Crippen LogP contribution >= 0.6 is 0 Å². The van der Waals surface area contributed by atoms with Gasteiger partial charge in [0.1, 0.15) is 17.2 Å². The summed E-state index contributed by atoms with van der Waals surface area (Å²) in [6.07, 6.45) is 2.19. The number of rotatable bonds is 4. The molecule has 0 aliphatic carbocycles. The SMILES string of the molecule is Cn1ccc2c(Cc3cccc(F)c3)cc(C(=O)N[C@@H]3CCOC[C@H]3O)nc21. The van der Waals surface area contributed by atoms with Gasteiger partial charge in [-0.2, -0.15) is 0 Å². The van der Waals surface area contributed by atoms with Crippen LogP contribution in [0.1, 0.15) is 28.0 Å². The molecule has 0 spiro atoms. The minimum Gasteiger partial charge on any atom is -0.389 e. The van der Waals surface area contributed by atoms with Crippen molar-refractivity contribution in [2.45, 2.75) is 25.0 Å². The number of hydrogen-bond acceptors (Lipinski definition) is 4. The number of amides is 1. The summed E-state index contributed by atoms with van der Waals surface area (Å²) >= 11 is 0. The van der Waals surface area contributed by atoms with E-state index in [-0.39, 0.29) is 30.1 Å². The van der Waals surface area contributed by atoms with Crippen LogP contribution in [0.4, 0.5) is 4.39 Å². The van der Waals surface area contributed by atoms with Crippen LogP contribution in [0.25, 0.3) is 11.0 Å². The van der Waals surface area contributed by atoms with Crippen molar-refractivity contribution in [3.63, 3.8) is 0 Å². The van der Waals surface area contributed by atoms with Crippen molar-refractivity contribution < 1.29 is 19.0 Å². The van der Waals surface area contributed by atoms with Crippen molar-refractivity contribution in [2.24, 2.45) is 7.05 Å². The molecule has 7 heteroatoms. The van der Waals surface area contributed by atoms with Crippen molar-refractivity contribution in [1.29, 1.82) is 0 Å². The fourth-order valence-corrected chi connectivity index (χ4v) is 3.56. The highest BCUT2D eigenvalue weighted by Gasteiger charge is 2.26. The number of aryl methyl sites for hydroxylation is 1. The number of pyridine rings is 1. The lowest BCUT2D eigenvalue weighted by atomic mass is 10.0. The number of benzene rings is 1. The van der Waals surface area contributed by atoms with E-state index in [1.807, 2.05) is 29.9 Å². The molecule has 1 aliphatic rings. The van der Waals surface area contributed by atoms with Gasteiger partial charge in [0, 0.05) is 25.2 Å². The number of hydrogen-bond donors (Lipinski definition) is 2. The third-order valence-electron chi connectivity index (χ3n) is 5.08. The van der Waals surface area contributed by atoms with E-state index in [1.165, 1.54) is 12.1 Å². The van der Waals surface area contributed by atoms with Crippen LogP contribution in [0, 0.1) is 5.82 Å². The van der Waals surface area contributed by atoms with Gasteiger partial charge in [0.2, 0.25) is 0 Å². The number of carbonyl (C=O) groups is 1. The summed E-state index contributed by atoms with van der Waals surface area (Å²) in [5, 5.41) is 13.8. The molecule has 0 radical (unpaired) electrons. The predicted octanol–water partition coefficient (Wildman–Crippen LogP) is 2.18. The molecule has 1 amide bonds. The fourth-order valence-electron chi connectivity index (χ4n) is 3.56. The second kappa shape index (κ2) is 7.69. The van der Waals surface area contributed by atoms with Crippen LogP contribution in [-0.2, 0) is 18.2 Å². The van der Waals surface area contributed by atoms with E-state index in [0.717, 1.165) is 16.5 Å². The van der Waals surface area contributed by atoms with Gasteiger partial charge in [0.15, 0.2) is 0 Å². The molecule has 1 fully saturated rings. The van der Waals surface area contributed by atoms with Gasteiger partial charge in [0.25, 0.3) is 5.91 Å². The Hall–Kier alpha value is -2.77. The number of nitrogens with zero attached hydrogens (tertiary/aromatic N) is 2. The van der Waals surface area contributed by atoms with Crippen LogP contribution in [0.2, 0.25) is 0 Å². The van der Waals surface area contributed by atoms with E-state index < -0.39 is 6.10 Å². The zero-order chi connectivity index (χ0) is 19.7. The first-order chi connectivity index (χ1) is 13.5. The minimum absolute atomic E-state index is 0.208. The normalized spacial score (nSPS) is 19.7. The Morgan fingerprint density at radius 3 is 3.04 bits per heavy atom. The topological polar surface area (TPSA) is 76.4 Å². The lowest BCUT2D eigenvalue weighted by Crippen LogP contribution is -2.48. The third kappa shape index (κ3) is 3.76. The van der Waals surface area contributed by atoms with Gasteiger partial charge >= 0.3 is 0 Å². The highest BCUT2D eigenvalue weighted by molar-refractivity contribution is 5.95. The highest BCUT2D eigenvalue weighted by Crippen LogP contribution is 2.23. The van der Waals surface area contributed by atoms with E-state index in [2.05, 4.69) is 10.3 Å². The first-order valence-corrected chi connectivity index (χ1v) is 9.27. The van der Waals surface area contributed by atoms with Gasteiger partial charge in [-0.25, -0.2) is 9.37 Å². The van der Waals surface area contributed by atoms with Crippen LogP contribution in [0.3, 0.4) is 0 Å². The summed E-state index contributed by atoms with van der Waals surface area (Å²) in [7, 11) is 1.87. The maximum absolute atomic E-state index is 13.6. The standard InChI is InChI=1S/C21H22FN3O3/c1-25-7-5-16-14(9-13-3-2-4-15(22)10-13)11-18(23-20(16)25)21(27)24-17-6-8-28-12-19(17)26/h2-5,7,10-11,17,19,26H,6,8-9,12H2,1H3,(H,24,27)/t17-,19-/m1/s1. The maximum atomic E-state index is 13.6. The Morgan fingerprint density at radius 1 is 1.39 bits per heavy atom. The average Bonchev–Trinajstić information content (AvgIpc) is 3.05. The van der Waals surface area contributed by atoms with Gasteiger partial charge in [0.05, 0.1) is 18.8 Å². The van der Waals surface area contributed by atoms with Gasteiger partial charge < -0.3 is 19.7 Å². The molecule has 0 saturated carbocycles. The highest BCUT2D eigenvalue weighted by atomic mass is 19.1. The van der Waals surface area contributed by atoms with E-state index in [9.17, 15) is 14.3 Å². The lowest BCUT2D eigenvalue weighted by Gasteiger charge is -2.28. The molecule has 1 aliphatic heterocycles. The molecular formula is C21H22FN3O3. The number of carbonyl (C=O) groups excluding carboxylic acids is 1. The molecule has 2 aromatic heterocycles. The first kappa shape index (κ1) is 18.6. The predicted molar refractivity (Wildman–Crippen MR) is 103 cm³/mol. The number of nitrogens with one attached hydrogen (secondary N) is 1. The molecule has 0 unspecified atom stereocenters. The molecule has 2 N–H and O–H groups in total. The number of aromatic nitrogens is 2. The quantitative estimate of drug-likeness (QED) is 0.724. The molecule has 28 heavy (non-hydrogen) atoms. The lowest BCUT2D eigenvalue weighted by molar-refractivity contribution is -0.0261. The maximum Gasteiger partial charge on any atom is 0.270 e. The monoisotopic (exact) mass is 383 g/mol. The first-order valence-electron chi connectivity index (χ1n) is 9.27. The number of fused-ring (bicyclic) bond motifs is 1. The van der Waals surface area contributed by atoms with Crippen LogP contribution in [-0.4, -0.2) is 45.9 Å². The smallest absolute Gasteiger partial charge is 0.270 e. The summed E-state index contributed by atoms with van der Waals surface area (Å²) in [5.74, 6) is -0.628. The van der Waals surface area contributed by atoms with Crippen LogP contribution < -0.4 is 5.32 Å². The largest absolute Gasteiger partial charge is 0.389 e. The van der Waals surface area contributed by atoms with Crippen LogP contribution in [0.5, 0.6) is 0 Å². The Bertz CT molecular complexity index is 1020. The Morgan fingerprint density at radius 2 is 2.25 bits per heavy atom. The average molecular weight is 383 g/mol. The molecule has 1 aromatic carbocycles. The van der Waals surface area contributed by atoms with Crippen molar-refractivity contribution >= 4 is 16.9 Å². The summed E-state index contributed by atoms with van der Waals surface area (Å²) in [4.78, 5) is 17.3. The van der Waals surface area contributed by atoms with Crippen LogP contribution in [0.15, 0.2) is 42.6 Å². The van der Waals surface area contributed by atoms with Gasteiger partial charge in [-0.1, -0.05) is 12.1 Å². The second-order valence-corrected chi connectivity index (χ2v) is 7.15. The van der Waals surface area contributed by atoms with Gasteiger partial charge in [-0.3, -0.25) is 4.79 Å². The van der Waals surface area contributed by atoms with E-state index in [4.69, 9.17) is 4.74 Å². The zero-order valence-corrected chi connectivity index (χ0v) is 15.6. The number of aliphatic hydroxyl groups excluding tert-OH is 1. The summed E-state index contributed by atoms with van der Waals surface area (Å²) in [5.41, 5.74) is 2.68. The van der Waals surface area contributed by atoms with Gasteiger partial charge in [-0.05, 0) is 48.2 Å². The molecule has 2 atom stereocenters. The van der Waals surface area contributed by atoms with E-state index >= 15 is 0 Å². The van der Waals surface area contributed by atoms with Crippen molar-refractivity contribution in [2.75, 3.05) is 13.2 Å². The summed E-state index contributed by atoms with van der Waals surface area (Å²) < 4.78 is 20.6. The zero-order valence-electron chi connectivity index (χ0n) is 15.6. The molecule has 4 rings (SSSR count). The molecule has 146 valence electrons. The van der Waals surface area contributed by atoms with Crippen molar-refractivity contribution in [3.8, 4) is 0 Å². The molecule has 1 saturated heterocycles. The second-order valence-electron chi connectivity index (χ2n) is 7.15. The molecule has 0 bridgehead atoms. The number of ether oxygens (including phenoxy) is 1. The number of aliphatic hydroxyl groups is 1. The molecular weight excluding hydrogens is 361 g/mol. The van der Waals surface area contributed by atoms with Crippen molar-refractivity contribution in [1.82, 2.24) is 14.9 Å². The number of halogens is 1. The fraction of sp³-hybridized carbons (Fsp3) is 0.333. The van der Waals surface area contributed by atoms with Crippen molar-refractivity contribution in [3.05, 3.63) is 65.2 Å².